The van der Waals surface area contributed by atoms with Gasteiger partial charge in [-0.3, -0.25) is 4.79 Å². The van der Waals surface area contributed by atoms with Crippen LogP contribution in [0.3, 0.4) is 0 Å². The van der Waals surface area contributed by atoms with E-state index in [1.165, 1.54) is 5.57 Å². The molecule has 14 heavy (non-hydrogen) atoms. The number of ether oxygens (including phenoxy) is 1. The minimum Gasteiger partial charge on any atom is -0.369 e. The minimum absolute atomic E-state index is 0.103. The highest BCUT2D eigenvalue weighted by Gasteiger charge is 2.16. The first-order valence-electron chi connectivity index (χ1n) is 5.14. The van der Waals surface area contributed by atoms with E-state index in [-0.39, 0.29) is 18.6 Å². The summed E-state index contributed by atoms with van der Waals surface area (Å²) >= 11 is 0. The Morgan fingerprint density at radius 2 is 2.36 bits per heavy atom. The van der Waals surface area contributed by atoms with Crippen LogP contribution in [0.25, 0.3) is 0 Å². The molecule has 0 fully saturated rings. The van der Waals surface area contributed by atoms with Gasteiger partial charge in [-0.2, -0.15) is 0 Å². The van der Waals surface area contributed by atoms with Gasteiger partial charge in [-0.1, -0.05) is 11.6 Å². The third-order valence-electron chi connectivity index (χ3n) is 2.22. The van der Waals surface area contributed by atoms with Crippen LogP contribution < -0.4 is 0 Å². The number of nitrogens with zero attached hydrogens (tertiary/aromatic N) is 1. The molecule has 3 nitrogen and oxygen atoms in total. The molecule has 0 aliphatic carbocycles. The van der Waals surface area contributed by atoms with E-state index in [0.29, 0.717) is 0 Å². The van der Waals surface area contributed by atoms with Crippen LogP contribution in [0.5, 0.6) is 0 Å². The van der Waals surface area contributed by atoms with Crippen molar-refractivity contribution in [1.82, 2.24) is 4.90 Å². The summed E-state index contributed by atoms with van der Waals surface area (Å²) in [6.07, 6.45) is 3.28. The van der Waals surface area contributed by atoms with Gasteiger partial charge in [-0.05, 0) is 27.2 Å². The van der Waals surface area contributed by atoms with Crippen LogP contribution in [0.15, 0.2) is 11.6 Å². The lowest BCUT2D eigenvalue weighted by Gasteiger charge is -2.26. The third kappa shape index (κ3) is 3.50. The van der Waals surface area contributed by atoms with Crippen LogP contribution in [-0.2, 0) is 9.53 Å². The van der Waals surface area contributed by atoms with Gasteiger partial charge < -0.3 is 9.64 Å². The monoisotopic (exact) mass is 197 g/mol. The van der Waals surface area contributed by atoms with E-state index >= 15 is 0 Å². The summed E-state index contributed by atoms with van der Waals surface area (Å²) in [4.78, 5) is 13.5. The first-order valence-corrected chi connectivity index (χ1v) is 5.14. The number of hydrogen-bond acceptors (Lipinski definition) is 2. The fourth-order valence-corrected chi connectivity index (χ4v) is 1.45. The predicted octanol–water partition coefficient (Wildman–Crippen LogP) is 1.59. The topological polar surface area (TPSA) is 29.5 Å². The second kappa shape index (κ2) is 5.15. The first kappa shape index (κ1) is 11.2. The van der Waals surface area contributed by atoms with Crippen LogP contribution in [0.1, 0.15) is 27.2 Å². The van der Waals surface area contributed by atoms with Crippen LogP contribution in [0.4, 0.5) is 0 Å². The minimum atomic E-state index is 0.103. The quantitative estimate of drug-likeness (QED) is 0.643. The fourth-order valence-electron chi connectivity index (χ4n) is 1.45. The van der Waals surface area contributed by atoms with E-state index in [2.05, 4.69) is 13.0 Å². The number of rotatable bonds is 3. The predicted molar refractivity (Wildman–Crippen MR) is 56.0 cm³/mol. The van der Waals surface area contributed by atoms with Gasteiger partial charge in [-0.25, -0.2) is 0 Å². The van der Waals surface area contributed by atoms with Crippen molar-refractivity contribution in [3.8, 4) is 0 Å². The molecular weight excluding hydrogens is 178 g/mol. The third-order valence-corrected chi connectivity index (χ3v) is 2.22. The molecule has 0 spiro atoms. The smallest absolute Gasteiger partial charge is 0.248 e. The molecule has 0 saturated carbocycles. The Morgan fingerprint density at radius 1 is 1.64 bits per heavy atom. The Labute approximate surface area is 85.7 Å². The fraction of sp³-hybridized carbons (Fsp3) is 0.727. The van der Waals surface area contributed by atoms with Gasteiger partial charge in [0.15, 0.2) is 0 Å². The summed E-state index contributed by atoms with van der Waals surface area (Å²) in [5, 5.41) is 0. The van der Waals surface area contributed by atoms with Crippen LogP contribution in [-0.4, -0.2) is 36.6 Å². The van der Waals surface area contributed by atoms with Crippen molar-refractivity contribution in [2.24, 2.45) is 0 Å². The number of amides is 1. The van der Waals surface area contributed by atoms with Crippen LogP contribution >= 0.6 is 0 Å². The van der Waals surface area contributed by atoms with Gasteiger partial charge in [0.25, 0.3) is 0 Å². The van der Waals surface area contributed by atoms with Crippen molar-refractivity contribution in [2.75, 3.05) is 19.7 Å². The zero-order valence-corrected chi connectivity index (χ0v) is 9.25. The molecule has 0 bridgehead atoms. The molecule has 0 aromatic rings. The normalized spacial score (nSPS) is 17.1. The molecule has 3 heteroatoms. The summed E-state index contributed by atoms with van der Waals surface area (Å²) in [6, 6.07) is 0. The maximum absolute atomic E-state index is 11.6. The average molecular weight is 197 g/mol. The van der Waals surface area contributed by atoms with Crippen molar-refractivity contribution in [3.05, 3.63) is 11.6 Å². The van der Waals surface area contributed by atoms with E-state index in [4.69, 9.17) is 4.74 Å². The summed E-state index contributed by atoms with van der Waals surface area (Å²) in [5.41, 5.74) is 1.27. The standard InChI is InChI=1S/C11H19NO2/c1-9(2)14-8-11(13)12-6-4-5-10(3)7-12/h5,9H,4,6-8H2,1-3H3. The average Bonchev–Trinajstić information content (AvgIpc) is 2.14. The highest BCUT2D eigenvalue weighted by atomic mass is 16.5. The SMILES string of the molecule is CC1=CCCN(C(=O)COC(C)C)C1. The van der Waals surface area contributed by atoms with Crippen LogP contribution in [0, 0.1) is 0 Å². The Bertz CT molecular complexity index is 233. The van der Waals surface area contributed by atoms with Gasteiger partial charge in [-0.15, -0.1) is 0 Å². The van der Waals surface area contributed by atoms with Gasteiger partial charge >= 0.3 is 0 Å². The molecule has 0 radical (unpaired) electrons. The zero-order chi connectivity index (χ0) is 10.6. The van der Waals surface area contributed by atoms with Crippen molar-refractivity contribution in [3.63, 3.8) is 0 Å². The Balaban J connectivity index is 2.34. The van der Waals surface area contributed by atoms with Gasteiger partial charge in [0.05, 0.1) is 6.10 Å². The summed E-state index contributed by atoms with van der Waals surface area (Å²) in [5.74, 6) is 0.103. The highest BCUT2D eigenvalue weighted by Crippen LogP contribution is 2.08. The van der Waals surface area contributed by atoms with E-state index < -0.39 is 0 Å². The highest BCUT2D eigenvalue weighted by molar-refractivity contribution is 5.77. The lowest BCUT2D eigenvalue weighted by molar-refractivity contribution is -0.137. The lowest BCUT2D eigenvalue weighted by Crippen LogP contribution is -2.38. The Morgan fingerprint density at radius 3 is 2.93 bits per heavy atom. The number of carbonyl (C=O) groups is 1. The van der Waals surface area contributed by atoms with Gasteiger partial charge in [0.2, 0.25) is 5.91 Å². The molecule has 1 aliphatic rings. The van der Waals surface area contributed by atoms with Crippen molar-refractivity contribution in [1.29, 1.82) is 0 Å². The molecule has 0 N–H and O–H groups in total. The maximum atomic E-state index is 11.6. The molecule has 1 rings (SSSR count). The molecular formula is C11H19NO2. The van der Waals surface area contributed by atoms with Crippen molar-refractivity contribution in [2.45, 2.75) is 33.3 Å². The molecule has 0 atom stereocenters. The second-order valence-corrected chi connectivity index (χ2v) is 4.01. The lowest BCUT2D eigenvalue weighted by atomic mass is 10.1. The molecule has 1 heterocycles. The second-order valence-electron chi connectivity index (χ2n) is 4.01. The first-order chi connectivity index (χ1) is 6.59. The van der Waals surface area contributed by atoms with E-state index in [9.17, 15) is 4.79 Å². The molecule has 0 aromatic heterocycles. The van der Waals surface area contributed by atoms with E-state index in [1.54, 1.807) is 0 Å². The van der Waals surface area contributed by atoms with Crippen LogP contribution in [0.2, 0.25) is 0 Å². The summed E-state index contributed by atoms with van der Waals surface area (Å²) in [6.45, 7) is 7.74. The van der Waals surface area contributed by atoms with Gasteiger partial charge in [0.1, 0.15) is 6.61 Å². The van der Waals surface area contributed by atoms with E-state index in [1.807, 2.05) is 18.7 Å². The molecule has 0 aromatic carbocycles. The largest absolute Gasteiger partial charge is 0.369 e. The number of hydrogen-bond donors (Lipinski definition) is 0. The molecule has 0 unspecified atom stereocenters. The van der Waals surface area contributed by atoms with Gasteiger partial charge in [0, 0.05) is 13.1 Å². The Hall–Kier alpha value is -0.830. The number of carbonyl (C=O) groups excluding carboxylic acids is 1. The zero-order valence-electron chi connectivity index (χ0n) is 9.25. The summed E-state index contributed by atoms with van der Waals surface area (Å²) in [7, 11) is 0. The van der Waals surface area contributed by atoms with E-state index in [0.717, 1.165) is 19.5 Å². The Kier molecular flexibility index (Phi) is 4.14. The van der Waals surface area contributed by atoms with Crippen molar-refractivity contribution >= 4 is 5.91 Å². The molecule has 80 valence electrons. The van der Waals surface area contributed by atoms with Crippen molar-refractivity contribution < 1.29 is 9.53 Å². The maximum Gasteiger partial charge on any atom is 0.248 e. The molecule has 1 amide bonds. The summed E-state index contributed by atoms with van der Waals surface area (Å²) < 4.78 is 5.28. The molecule has 0 saturated heterocycles. The molecule has 1 aliphatic heterocycles.